The largest absolute Gasteiger partial charge is 0.388 e. The van der Waals surface area contributed by atoms with E-state index in [0.29, 0.717) is 5.84 Å². The molecule has 0 amide bonds. The molecule has 0 atom stereocenters. The molecule has 1 saturated heterocycles. The van der Waals surface area contributed by atoms with Gasteiger partial charge in [-0.25, -0.2) is 0 Å². The molecule has 0 saturated carbocycles. The van der Waals surface area contributed by atoms with Crippen LogP contribution in [-0.4, -0.2) is 41.9 Å². The van der Waals surface area contributed by atoms with E-state index < -0.39 is 0 Å². The van der Waals surface area contributed by atoms with E-state index in [1.165, 1.54) is 31.0 Å². The Bertz CT molecular complexity index is 153. The lowest BCUT2D eigenvalue weighted by Gasteiger charge is -2.18. The van der Waals surface area contributed by atoms with Gasteiger partial charge in [-0.2, -0.15) is 11.8 Å². The van der Waals surface area contributed by atoms with Gasteiger partial charge in [-0.05, 0) is 31.7 Å². The van der Waals surface area contributed by atoms with Crippen LogP contribution < -0.4 is 5.73 Å². The van der Waals surface area contributed by atoms with Crippen molar-refractivity contribution in [2.45, 2.75) is 19.3 Å². The number of hydrogen-bond acceptors (Lipinski definition) is 3. The van der Waals surface area contributed by atoms with E-state index in [2.05, 4.69) is 16.7 Å². The standard InChI is InChI=1S/C9H19N3S/c10-9(11)3-1-4-12-5-2-7-13-8-6-12/h1-8H2,(H3,10,11). The molecule has 1 fully saturated rings. The summed E-state index contributed by atoms with van der Waals surface area (Å²) in [7, 11) is 0. The van der Waals surface area contributed by atoms with Crippen LogP contribution >= 0.6 is 11.8 Å². The number of nitrogens with one attached hydrogen (secondary N) is 1. The maximum absolute atomic E-state index is 7.11. The van der Waals surface area contributed by atoms with Crippen LogP contribution in [0.3, 0.4) is 0 Å². The lowest BCUT2D eigenvalue weighted by atomic mass is 10.2. The van der Waals surface area contributed by atoms with Crippen LogP contribution in [0.4, 0.5) is 0 Å². The maximum Gasteiger partial charge on any atom is 0.0905 e. The van der Waals surface area contributed by atoms with Crippen molar-refractivity contribution >= 4 is 17.6 Å². The third-order valence-electron chi connectivity index (χ3n) is 2.24. The number of nitrogens with two attached hydrogens (primary N) is 1. The van der Waals surface area contributed by atoms with E-state index in [1.54, 1.807) is 0 Å². The summed E-state index contributed by atoms with van der Waals surface area (Å²) in [4.78, 5) is 2.49. The molecule has 0 radical (unpaired) electrons. The van der Waals surface area contributed by atoms with Gasteiger partial charge in [-0.1, -0.05) is 0 Å². The van der Waals surface area contributed by atoms with E-state index in [-0.39, 0.29) is 0 Å². The first-order chi connectivity index (χ1) is 6.29. The Kier molecular flexibility index (Phi) is 5.23. The second kappa shape index (κ2) is 6.27. The zero-order valence-electron chi connectivity index (χ0n) is 8.09. The van der Waals surface area contributed by atoms with Gasteiger partial charge in [-0.15, -0.1) is 0 Å². The monoisotopic (exact) mass is 201 g/mol. The summed E-state index contributed by atoms with van der Waals surface area (Å²) in [5.74, 6) is 2.90. The van der Waals surface area contributed by atoms with Crippen molar-refractivity contribution in [1.82, 2.24) is 4.90 Å². The van der Waals surface area contributed by atoms with Gasteiger partial charge in [0.25, 0.3) is 0 Å². The SMILES string of the molecule is N=C(N)CCCN1CCCSCC1. The third-order valence-corrected chi connectivity index (χ3v) is 3.28. The average molecular weight is 201 g/mol. The minimum Gasteiger partial charge on any atom is -0.388 e. The fourth-order valence-corrected chi connectivity index (χ4v) is 2.44. The molecule has 0 aromatic rings. The quantitative estimate of drug-likeness (QED) is 0.530. The van der Waals surface area contributed by atoms with Gasteiger partial charge in [0.15, 0.2) is 0 Å². The first-order valence-corrected chi connectivity index (χ1v) is 6.07. The molecule has 0 aromatic heterocycles. The average Bonchev–Trinajstić information content (AvgIpc) is 2.32. The molecular weight excluding hydrogens is 182 g/mol. The molecule has 1 aliphatic heterocycles. The summed E-state index contributed by atoms with van der Waals surface area (Å²) >= 11 is 2.05. The van der Waals surface area contributed by atoms with E-state index in [9.17, 15) is 0 Å². The molecular formula is C9H19N3S. The predicted molar refractivity (Wildman–Crippen MR) is 59.5 cm³/mol. The van der Waals surface area contributed by atoms with Crippen LogP contribution in [0.1, 0.15) is 19.3 Å². The van der Waals surface area contributed by atoms with Gasteiger partial charge in [0.05, 0.1) is 5.84 Å². The summed E-state index contributed by atoms with van der Waals surface area (Å²) in [6, 6.07) is 0. The van der Waals surface area contributed by atoms with Crippen LogP contribution in [0.15, 0.2) is 0 Å². The summed E-state index contributed by atoms with van der Waals surface area (Å²) in [6.45, 7) is 3.55. The zero-order valence-corrected chi connectivity index (χ0v) is 8.91. The molecule has 13 heavy (non-hydrogen) atoms. The summed E-state index contributed by atoms with van der Waals surface area (Å²) in [5, 5.41) is 7.11. The van der Waals surface area contributed by atoms with Crippen molar-refractivity contribution < 1.29 is 0 Å². The van der Waals surface area contributed by atoms with E-state index in [4.69, 9.17) is 11.1 Å². The van der Waals surface area contributed by atoms with Crippen molar-refractivity contribution in [3.05, 3.63) is 0 Å². The van der Waals surface area contributed by atoms with E-state index in [1.807, 2.05) is 0 Å². The Morgan fingerprint density at radius 3 is 3.00 bits per heavy atom. The molecule has 1 rings (SSSR count). The number of rotatable bonds is 4. The van der Waals surface area contributed by atoms with Crippen molar-refractivity contribution in [3.8, 4) is 0 Å². The molecule has 1 aliphatic rings. The Morgan fingerprint density at radius 2 is 2.23 bits per heavy atom. The van der Waals surface area contributed by atoms with Crippen LogP contribution in [0.2, 0.25) is 0 Å². The van der Waals surface area contributed by atoms with E-state index in [0.717, 1.165) is 19.4 Å². The predicted octanol–water partition coefficient (Wildman–Crippen LogP) is 1.14. The second-order valence-corrected chi connectivity index (χ2v) is 4.66. The molecule has 1 heterocycles. The van der Waals surface area contributed by atoms with Crippen molar-refractivity contribution in [2.24, 2.45) is 5.73 Å². The normalized spacial score (nSPS) is 19.7. The third kappa shape index (κ3) is 5.16. The molecule has 3 nitrogen and oxygen atoms in total. The van der Waals surface area contributed by atoms with Gasteiger partial charge in [-0.3, -0.25) is 5.41 Å². The lowest BCUT2D eigenvalue weighted by molar-refractivity contribution is 0.293. The van der Waals surface area contributed by atoms with Crippen LogP contribution in [0, 0.1) is 5.41 Å². The highest BCUT2D eigenvalue weighted by Gasteiger charge is 2.08. The Labute approximate surface area is 84.6 Å². The number of thioether (sulfide) groups is 1. The highest BCUT2D eigenvalue weighted by Crippen LogP contribution is 2.10. The minimum absolute atomic E-state index is 0.323. The molecule has 0 bridgehead atoms. The van der Waals surface area contributed by atoms with Crippen LogP contribution in [-0.2, 0) is 0 Å². The number of hydrogen-bond donors (Lipinski definition) is 2. The fourth-order valence-electron chi connectivity index (χ4n) is 1.51. The molecule has 0 spiro atoms. The highest BCUT2D eigenvalue weighted by molar-refractivity contribution is 7.99. The molecule has 0 aromatic carbocycles. The van der Waals surface area contributed by atoms with Gasteiger partial charge >= 0.3 is 0 Å². The van der Waals surface area contributed by atoms with Gasteiger partial charge in [0, 0.05) is 18.7 Å². The second-order valence-electron chi connectivity index (χ2n) is 3.44. The van der Waals surface area contributed by atoms with Crippen molar-refractivity contribution in [3.63, 3.8) is 0 Å². The molecule has 0 unspecified atom stereocenters. The summed E-state index contributed by atoms with van der Waals surface area (Å²) < 4.78 is 0. The van der Waals surface area contributed by atoms with Crippen molar-refractivity contribution in [1.29, 1.82) is 5.41 Å². The Morgan fingerprint density at radius 1 is 1.38 bits per heavy atom. The summed E-state index contributed by atoms with van der Waals surface area (Å²) in [5.41, 5.74) is 5.30. The Balaban J connectivity index is 2.08. The smallest absolute Gasteiger partial charge is 0.0905 e. The van der Waals surface area contributed by atoms with Crippen LogP contribution in [0.5, 0.6) is 0 Å². The highest BCUT2D eigenvalue weighted by atomic mass is 32.2. The first kappa shape index (κ1) is 10.9. The summed E-state index contributed by atoms with van der Waals surface area (Å²) in [6.07, 6.45) is 3.11. The number of amidine groups is 1. The first-order valence-electron chi connectivity index (χ1n) is 4.92. The minimum atomic E-state index is 0.323. The zero-order chi connectivity index (χ0) is 9.52. The lowest BCUT2D eigenvalue weighted by Crippen LogP contribution is -2.27. The topological polar surface area (TPSA) is 53.1 Å². The molecule has 3 N–H and O–H groups in total. The van der Waals surface area contributed by atoms with Gasteiger partial charge in [0.1, 0.15) is 0 Å². The molecule has 4 heteroatoms. The molecule has 76 valence electrons. The van der Waals surface area contributed by atoms with Gasteiger partial charge < -0.3 is 10.6 Å². The van der Waals surface area contributed by atoms with Crippen molar-refractivity contribution in [2.75, 3.05) is 31.1 Å². The maximum atomic E-state index is 7.11. The van der Waals surface area contributed by atoms with Gasteiger partial charge in [0.2, 0.25) is 0 Å². The molecule has 0 aliphatic carbocycles. The van der Waals surface area contributed by atoms with E-state index >= 15 is 0 Å². The fraction of sp³-hybridized carbons (Fsp3) is 0.889. The number of nitrogens with zero attached hydrogens (tertiary/aromatic N) is 1. The van der Waals surface area contributed by atoms with Crippen LogP contribution in [0.25, 0.3) is 0 Å². The Hall–Kier alpha value is -0.220.